The predicted octanol–water partition coefficient (Wildman–Crippen LogP) is 1.46. The Labute approximate surface area is 201 Å². The summed E-state index contributed by atoms with van der Waals surface area (Å²) >= 11 is 0. The smallest absolute Gasteiger partial charge is 0.254 e. The van der Waals surface area contributed by atoms with E-state index >= 15 is 0 Å². The molecule has 0 saturated carbocycles. The number of amides is 2. The lowest BCUT2D eigenvalue weighted by molar-refractivity contribution is -0.126. The molecule has 0 spiro atoms. The highest BCUT2D eigenvalue weighted by Crippen LogP contribution is 2.32. The van der Waals surface area contributed by atoms with E-state index in [0.29, 0.717) is 48.9 Å². The van der Waals surface area contributed by atoms with E-state index in [4.69, 9.17) is 18.9 Å². The Kier molecular flexibility index (Phi) is 6.75. The molecule has 3 aliphatic heterocycles. The zero-order chi connectivity index (χ0) is 24.0. The molecule has 3 heterocycles. The van der Waals surface area contributed by atoms with E-state index in [2.05, 4.69) is 21.1 Å². The van der Waals surface area contributed by atoms with Gasteiger partial charge < -0.3 is 18.9 Å². The second-order valence-corrected chi connectivity index (χ2v) is 8.30. The highest BCUT2D eigenvalue weighted by molar-refractivity contribution is 5.85. The van der Waals surface area contributed by atoms with Crippen molar-refractivity contribution < 1.29 is 28.5 Å². The molecule has 1 fully saturated rings. The predicted molar refractivity (Wildman–Crippen MR) is 126 cm³/mol. The first kappa shape index (κ1) is 22.7. The fraction of sp³-hybridized carbons (Fsp3) is 0.333. The maximum atomic E-state index is 12.4. The topological polar surface area (TPSA) is 123 Å². The highest BCUT2D eigenvalue weighted by Gasteiger charge is 2.25. The number of piperidine rings is 1. The number of rotatable bonds is 7. The van der Waals surface area contributed by atoms with Crippen molar-refractivity contribution in [3.05, 3.63) is 47.5 Å². The third-order valence-electron chi connectivity index (χ3n) is 5.91. The summed E-state index contributed by atoms with van der Waals surface area (Å²) in [5.41, 5.74) is 6.75. The first-order valence-electron chi connectivity index (χ1n) is 11.3. The number of benzene rings is 2. The van der Waals surface area contributed by atoms with Gasteiger partial charge in [0.05, 0.1) is 19.0 Å². The van der Waals surface area contributed by atoms with Crippen molar-refractivity contribution in [1.29, 1.82) is 0 Å². The number of likely N-dealkylation sites (tertiary alicyclic amines) is 1. The second kappa shape index (κ2) is 10.4. The monoisotopic (exact) mass is 479 g/mol. The standard InChI is InChI=1S/C24H25N5O6/c30-23(27-25-11-16-1-3-19-21(9-16)34-14-32-19)13-29-7-5-18(6-8-29)24(31)28-26-12-17-2-4-20-22(10-17)35-15-33-20/h1-4,9-12,18H,5-8,13-15H2,(H,27,30)(H,28,31)/b25-11+,26-12+. The Morgan fingerprint density at radius 3 is 1.97 bits per heavy atom. The first-order chi connectivity index (χ1) is 17.1. The number of hydrazone groups is 2. The number of hydrogen-bond donors (Lipinski definition) is 2. The summed E-state index contributed by atoms with van der Waals surface area (Å²) in [6.07, 6.45) is 4.43. The van der Waals surface area contributed by atoms with Crippen molar-refractivity contribution in [1.82, 2.24) is 15.8 Å². The third-order valence-corrected chi connectivity index (χ3v) is 5.91. The Hall–Kier alpha value is -4.12. The lowest BCUT2D eigenvalue weighted by Crippen LogP contribution is -2.43. The Bertz CT molecular complexity index is 1160. The number of carbonyl (C=O) groups excluding carboxylic acids is 2. The molecule has 2 aromatic rings. The number of fused-ring (bicyclic) bond motifs is 2. The van der Waals surface area contributed by atoms with Gasteiger partial charge in [0.2, 0.25) is 19.5 Å². The highest BCUT2D eigenvalue weighted by atomic mass is 16.7. The van der Waals surface area contributed by atoms with E-state index in [0.717, 1.165) is 11.1 Å². The van der Waals surface area contributed by atoms with Crippen LogP contribution in [0.25, 0.3) is 0 Å². The SMILES string of the molecule is O=C(CN1CCC(C(=O)N/N=C/c2ccc3c(c2)OCO3)CC1)N/N=C/c1ccc2c(c1)OCO2. The average Bonchev–Trinajstić information content (AvgIpc) is 3.53. The van der Waals surface area contributed by atoms with Crippen LogP contribution >= 0.6 is 0 Å². The van der Waals surface area contributed by atoms with Crippen LogP contribution in [0.3, 0.4) is 0 Å². The van der Waals surface area contributed by atoms with E-state index in [9.17, 15) is 9.59 Å². The van der Waals surface area contributed by atoms with E-state index in [-0.39, 0.29) is 37.9 Å². The lowest BCUT2D eigenvalue weighted by atomic mass is 9.96. The van der Waals surface area contributed by atoms with Crippen molar-refractivity contribution >= 4 is 24.2 Å². The fourth-order valence-electron chi connectivity index (χ4n) is 4.02. The van der Waals surface area contributed by atoms with Gasteiger partial charge >= 0.3 is 0 Å². The molecule has 0 unspecified atom stereocenters. The minimum atomic E-state index is -0.210. The summed E-state index contributed by atoms with van der Waals surface area (Å²) in [5, 5.41) is 8.07. The molecule has 2 amide bonds. The molecule has 3 aliphatic rings. The van der Waals surface area contributed by atoms with Crippen LogP contribution in [0.4, 0.5) is 0 Å². The normalized spacial score (nSPS) is 17.3. The molecule has 0 atom stereocenters. The van der Waals surface area contributed by atoms with Gasteiger partial charge in [-0.25, -0.2) is 10.9 Å². The molecular weight excluding hydrogens is 454 g/mol. The van der Waals surface area contributed by atoms with Gasteiger partial charge in [-0.3, -0.25) is 14.5 Å². The molecular formula is C24H25N5O6. The molecule has 2 aromatic carbocycles. The lowest BCUT2D eigenvalue weighted by Gasteiger charge is -2.30. The molecule has 0 bridgehead atoms. The maximum Gasteiger partial charge on any atom is 0.254 e. The van der Waals surface area contributed by atoms with E-state index in [1.54, 1.807) is 36.7 Å². The van der Waals surface area contributed by atoms with Crippen molar-refractivity contribution in [2.75, 3.05) is 33.2 Å². The summed E-state index contributed by atoms with van der Waals surface area (Å²) < 4.78 is 21.2. The van der Waals surface area contributed by atoms with Gasteiger partial charge in [-0.1, -0.05) is 0 Å². The number of hydrogen-bond acceptors (Lipinski definition) is 9. The Morgan fingerprint density at radius 1 is 0.829 bits per heavy atom. The molecule has 0 aromatic heterocycles. The molecule has 0 aliphatic carbocycles. The van der Waals surface area contributed by atoms with E-state index in [1.807, 2.05) is 17.0 Å². The summed E-state index contributed by atoms with van der Waals surface area (Å²) in [4.78, 5) is 26.7. The minimum Gasteiger partial charge on any atom is -0.454 e. The largest absolute Gasteiger partial charge is 0.454 e. The maximum absolute atomic E-state index is 12.4. The van der Waals surface area contributed by atoms with E-state index in [1.165, 1.54) is 0 Å². The van der Waals surface area contributed by atoms with Crippen molar-refractivity contribution in [2.24, 2.45) is 16.1 Å². The molecule has 11 nitrogen and oxygen atoms in total. The molecule has 0 radical (unpaired) electrons. The van der Waals surface area contributed by atoms with Gasteiger partial charge in [0.15, 0.2) is 23.0 Å². The number of ether oxygens (including phenoxy) is 4. The van der Waals surface area contributed by atoms with Gasteiger partial charge in [0, 0.05) is 5.92 Å². The number of nitrogens with zero attached hydrogens (tertiary/aromatic N) is 3. The summed E-state index contributed by atoms with van der Waals surface area (Å²) in [7, 11) is 0. The minimum absolute atomic E-state index is 0.126. The van der Waals surface area contributed by atoms with Gasteiger partial charge in [-0.05, 0) is 73.5 Å². The zero-order valence-corrected chi connectivity index (χ0v) is 18.9. The Balaban J connectivity index is 1.01. The fourth-order valence-corrected chi connectivity index (χ4v) is 4.02. The van der Waals surface area contributed by atoms with Crippen LogP contribution in [0.5, 0.6) is 23.0 Å². The Morgan fingerprint density at radius 2 is 1.37 bits per heavy atom. The quantitative estimate of drug-likeness (QED) is 0.455. The van der Waals surface area contributed by atoms with Gasteiger partial charge in [0.1, 0.15) is 0 Å². The first-order valence-corrected chi connectivity index (χ1v) is 11.3. The molecule has 35 heavy (non-hydrogen) atoms. The molecule has 11 heteroatoms. The molecule has 5 rings (SSSR count). The van der Waals surface area contributed by atoms with Crippen LogP contribution in [-0.2, 0) is 9.59 Å². The molecule has 2 N–H and O–H groups in total. The van der Waals surface area contributed by atoms with Crippen LogP contribution in [-0.4, -0.2) is 62.4 Å². The van der Waals surface area contributed by atoms with Gasteiger partial charge in [0.25, 0.3) is 5.91 Å². The summed E-state index contributed by atoms with van der Waals surface area (Å²) in [6, 6.07) is 10.9. The van der Waals surface area contributed by atoms with Crippen LogP contribution in [0, 0.1) is 5.92 Å². The molecule has 1 saturated heterocycles. The van der Waals surface area contributed by atoms with Crippen LogP contribution in [0.2, 0.25) is 0 Å². The van der Waals surface area contributed by atoms with Crippen LogP contribution < -0.4 is 29.8 Å². The zero-order valence-electron chi connectivity index (χ0n) is 18.9. The van der Waals surface area contributed by atoms with Crippen molar-refractivity contribution in [3.63, 3.8) is 0 Å². The van der Waals surface area contributed by atoms with Crippen molar-refractivity contribution in [3.8, 4) is 23.0 Å². The van der Waals surface area contributed by atoms with E-state index < -0.39 is 0 Å². The van der Waals surface area contributed by atoms with Crippen LogP contribution in [0.1, 0.15) is 24.0 Å². The third kappa shape index (κ3) is 5.69. The van der Waals surface area contributed by atoms with Crippen LogP contribution in [0.15, 0.2) is 46.6 Å². The number of nitrogens with one attached hydrogen (secondary N) is 2. The summed E-state index contributed by atoms with van der Waals surface area (Å²) in [6.45, 7) is 1.92. The molecule has 182 valence electrons. The van der Waals surface area contributed by atoms with Gasteiger partial charge in [-0.2, -0.15) is 10.2 Å². The second-order valence-electron chi connectivity index (χ2n) is 8.30. The average molecular weight is 479 g/mol. The summed E-state index contributed by atoms with van der Waals surface area (Å²) in [5.74, 6) is 2.23. The van der Waals surface area contributed by atoms with Crippen molar-refractivity contribution in [2.45, 2.75) is 12.8 Å². The number of carbonyl (C=O) groups is 2. The van der Waals surface area contributed by atoms with Gasteiger partial charge in [-0.15, -0.1) is 0 Å².